The number of aromatic nitrogens is 2. The van der Waals surface area contributed by atoms with Gasteiger partial charge in [-0.05, 0) is 12.1 Å². The molecule has 0 saturated heterocycles. The van der Waals surface area contributed by atoms with Crippen molar-refractivity contribution in [2.24, 2.45) is 0 Å². The lowest BCUT2D eigenvalue weighted by Crippen LogP contribution is -2.08. The van der Waals surface area contributed by atoms with Crippen LogP contribution in [0.15, 0.2) is 35.5 Å². The fraction of sp³-hybridized carbons (Fsp3) is 0.263. The van der Waals surface area contributed by atoms with Gasteiger partial charge in [-0.15, -0.1) is 0 Å². The van der Waals surface area contributed by atoms with Crippen LogP contribution in [0.3, 0.4) is 0 Å². The Hall–Kier alpha value is -3.14. The number of anilines is 2. The van der Waals surface area contributed by atoms with Crippen LogP contribution in [0.4, 0.5) is 15.9 Å². The molecule has 2 aromatic carbocycles. The zero-order chi connectivity index (χ0) is 21.2. The molecule has 0 spiro atoms. The number of methoxy groups -OCH3 is 3. The van der Waals surface area contributed by atoms with Gasteiger partial charge in [0, 0.05) is 17.5 Å². The lowest BCUT2D eigenvalue weighted by atomic mass is 10.2. The molecule has 29 heavy (non-hydrogen) atoms. The number of benzene rings is 2. The minimum Gasteiger partial charge on any atom is -0.494 e. The number of halogens is 1. The van der Waals surface area contributed by atoms with Gasteiger partial charge in [0.05, 0.1) is 38.3 Å². The zero-order valence-corrected chi connectivity index (χ0v) is 17.1. The highest BCUT2D eigenvalue weighted by Crippen LogP contribution is 2.37. The first kappa shape index (κ1) is 20.6. The predicted molar refractivity (Wildman–Crippen MR) is 107 cm³/mol. The van der Waals surface area contributed by atoms with E-state index in [1.54, 1.807) is 12.1 Å². The van der Waals surface area contributed by atoms with Crippen molar-refractivity contribution in [3.63, 3.8) is 0 Å². The normalized spacial score (nSPS) is 11.3. The molecule has 0 atom stereocenters. The van der Waals surface area contributed by atoms with Gasteiger partial charge in [0.25, 0.3) is 0 Å². The molecule has 0 saturated carbocycles. The van der Waals surface area contributed by atoms with Crippen LogP contribution in [0.5, 0.6) is 17.2 Å². The standard InChI is InChI=1S/C19H20FN3O5S/c1-5-29(24,25)18-9-14(15(26-2)7-12(18)20)23-19-11-6-16(27-3)17(28-4)8-13(11)21-10-22-19/h6-10H,5H2,1-4H3,(H,21,22,23). The van der Waals surface area contributed by atoms with Crippen molar-refractivity contribution in [2.75, 3.05) is 32.4 Å². The Morgan fingerprint density at radius 3 is 2.24 bits per heavy atom. The molecule has 8 nitrogen and oxygen atoms in total. The minimum absolute atomic E-state index is 0.129. The fourth-order valence-electron chi connectivity index (χ4n) is 2.81. The molecule has 1 heterocycles. The number of sulfone groups is 1. The van der Waals surface area contributed by atoms with E-state index in [-0.39, 0.29) is 17.2 Å². The summed E-state index contributed by atoms with van der Waals surface area (Å²) in [6.45, 7) is 1.45. The minimum atomic E-state index is -3.77. The van der Waals surface area contributed by atoms with Crippen LogP contribution in [0, 0.1) is 5.82 Å². The van der Waals surface area contributed by atoms with E-state index in [9.17, 15) is 12.8 Å². The molecule has 1 aromatic heterocycles. The van der Waals surface area contributed by atoms with E-state index in [4.69, 9.17) is 14.2 Å². The Balaban J connectivity index is 2.17. The van der Waals surface area contributed by atoms with Crippen LogP contribution >= 0.6 is 0 Å². The number of hydrogen-bond acceptors (Lipinski definition) is 8. The number of fused-ring (bicyclic) bond motifs is 1. The number of rotatable bonds is 7. The van der Waals surface area contributed by atoms with E-state index >= 15 is 0 Å². The third kappa shape index (κ3) is 3.88. The molecular formula is C19H20FN3O5S. The van der Waals surface area contributed by atoms with E-state index in [0.29, 0.717) is 28.2 Å². The summed E-state index contributed by atoms with van der Waals surface area (Å²) in [6.07, 6.45) is 1.34. The second-order valence-electron chi connectivity index (χ2n) is 5.96. The monoisotopic (exact) mass is 421 g/mol. The van der Waals surface area contributed by atoms with E-state index < -0.39 is 20.5 Å². The summed E-state index contributed by atoms with van der Waals surface area (Å²) >= 11 is 0. The van der Waals surface area contributed by atoms with Crippen molar-refractivity contribution in [3.8, 4) is 17.2 Å². The Labute approximate surface area is 167 Å². The third-order valence-electron chi connectivity index (χ3n) is 4.36. The summed E-state index contributed by atoms with van der Waals surface area (Å²) < 4.78 is 54.6. The topological polar surface area (TPSA) is 99.6 Å². The second kappa shape index (κ2) is 8.08. The first-order valence-electron chi connectivity index (χ1n) is 8.58. The van der Waals surface area contributed by atoms with Crippen molar-refractivity contribution in [3.05, 3.63) is 36.4 Å². The SMILES string of the molecule is CCS(=O)(=O)c1cc(Nc2ncnc3cc(OC)c(OC)cc23)c(OC)cc1F. The van der Waals surface area contributed by atoms with Crippen molar-refractivity contribution in [2.45, 2.75) is 11.8 Å². The molecule has 0 fully saturated rings. The molecule has 0 aliphatic heterocycles. The molecular weight excluding hydrogens is 401 g/mol. The second-order valence-corrected chi connectivity index (χ2v) is 8.20. The molecule has 3 rings (SSSR count). The van der Waals surface area contributed by atoms with Crippen molar-refractivity contribution >= 4 is 32.2 Å². The highest BCUT2D eigenvalue weighted by Gasteiger charge is 2.21. The molecule has 0 radical (unpaired) electrons. The Bertz CT molecular complexity index is 1170. The maximum absolute atomic E-state index is 14.3. The average molecular weight is 421 g/mol. The number of nitrogens with one attached hydrogen (secondary N) is 1. The van der Waals surface area contributed by atoms with Gasteiger partial charge in [-0.25, -0.2) is 22.8 Å². The molecule has 0 unspecified atom stereocenters. The van der Waals surface area contributed by atoms with Crippen LogP contribution < -0.4 is 19.5 Å². The van der Waals surface area contributed by atoms with Crippen LogP contribution in [0.25, 0.3) is 10.9 Å². The van der Waals surface area contributed by atoms with Crippen LogP contribution in [-0.4, -0.2) is 45.5 Å². The van der Waals surface area contributed by atoms with Gasteiger partial charge in [-0.3, -0.25) is 0 Å². The first-order valence-corrected chi connectivity index (χ1v) is 10.2. The average Bonchev–Trinajstić information content (AvgIpc) is 2.73. The smallest absolute Gasteiger partial charge is 0.181 e. The number of ether oxygens (including phenoxy) is 3. The molecule has 0 bridgehead atoms. The predicted octanol–water partition coefficient (Wildman–Crippen LogP) is 3.33. The maximum atomic E-state index is 14.3. The summed E-state index contributed by atoms with van der Waals surface area (Å²) in [5.74, 6) is 0.348. The Morgan fingerprint density at radius 1 is 0.966 bits per heavy atom. The van der Waals surface area contributed by atoms with Crippen molar-refractivity contribution in [1.82, 2.24) is 9.97 Å². The summed E-state index contributed by atoms with van der Waals surface area (Å²) in [4.78, 5) is 8.03. The zero-order valence-electron chi connectivity index (χ0n) is 16.3. The largest absolute Gasteiger partial charge is 0.494 e. The molecule has 1 N–H and O–H groups in total. The van der Waals surface area contributed by atoms with Crippen molar-refractivity contribution < 1.29 is 27.0 Å². The van der Waals surface area contributed by atoms with Crippen LogP contribution in [0.2, 0.25) is 0 Å². The highest BCUT2D eigenvalue weighted by atomic mass is 32.2. The van der Waals surface area contributed by atoms with Gasteiger partial charge >= 0.3 is 0 Å². The molecule has 154 valence electrons. The molecule has 0 aliphatic carbocycles. The van der Waals surface area contributed by atoms with Gasteiger partial charge < -0.3 is 19.5 Å². The Morgan fingerprint density at radius 2 is 1.62 bits per heavy atom. The van der Waals surface area contributed by atoms with Gasteiger partial charge in [0.1, 0.15) is 28.6 Å². The van der Waals surface area contributed by atoms with E-state index in [1.165, 1.54) is 40.6 Å². The molecule has 10 heteroatoms. The molecule has 0 amide bonds. The summed E-state index contributed by atoms with van der Waals surface area (Å²) in [6, 6.07) is 5.60. The quantitative estimate of drug-likeness (QED) is 0.620. The molecule has 0 aliphatic rings. The maximum Gasteiger partial charge on any atom is 0.181 e. The lowest BCUT2D eigenvalue weighted by molar-refractivity contribution is 0.356. The van der Waals surface area contributed by atoms with Crippen LogP contribution in [0.1, 0.15) is 6.92 Å². The highest BCUT2D eigenvalue weighted by molar-refractivity contribution is 7.91. The summed E-state index contributed by atoms with van der Waals surface area (Å²) in [7, 11) is 0.613. The van der Waals surface area contributed by atoms with E-state index in [0.717, 1.165) is 6.07 Å². The molecule has 3 aromatic rings. The summed E-state index contributed by atoms with van der Waals surface area (Å²) in [5.41, 5.74) is 0.818. The Kier molecular flexibility index (Phi) is 5.73. The van der Waals surface area contributed by atoms with Gasteiger partial charge in [-0.2, -0.15) is 0 Å². The van der Waals surface area contributed by atoms with Gasteiger partial charge in [0.15, 0.2) is 21.3 Å². The van der Waals surface area contributed by atoms with Gasteiger partial charge in [0.2, 0.25) is 0 Å². The van der Waals surface area contributed by atoms with Crippen LogP contribution in [-0.2, 0) is 9.84 Å². The number of hydrogen-bond donors (Lipinski definition) is 1. The third-order valence-corrected chi connectivity index (χ3v) is 6.11. The lowest BCUT2D eigenvalue weighted by Gasteiger charge is -2.15. The number of nitrogens with zero attached hydrogens (tertiary/aromatic N) is 2. The van der Waals surface area contributed by atoms with E-state index in [2.05, 4.69) is 15.3 Å². The van der Waals surface area contributed by atoms with Gasteiger partial charge in [-0.1, -0.05) is 6.92 Å². The van der Waals surface area contributed by atoms with Crippen molar-refractivity contribution in [1.29, 1.82) is 0 Å². The fourth-order valence-corrected chi connectivity index (χ4v) is 3.77. The summed E-state index contributed by atoms with van der Waals surface area (Å²) in [5, 5.41) is 3.61. The first-order chi connectivity index (χ1) is 13.8. The van der Waals surface area contributed by atoms with E-state index in [1.807, 2.05) is 0 Å².